The Bertz CT molecular complexity index is 657. The predicted molar refractivity (Wildman–Crippen MR) is 99.4 cm³/mol. The Morgan fingerprint density at radius 3 is 2.72 bits per heavy atom. The topological polar surface area (TPSA) is 56.7 Å². The summed E-state index contributed by atoms with van der Waals surface area (Å²) in [4.78, 5) is 21.2. The number of aliphatic hydroxyl groups is 1. The Morgan fingerprint density at radius 2 is 2.08 bits per heavy atom. The number of likely N-dealkylation sites (tertiary alicyclic amines) is 1. The molecule has 1 atom stereocenters. The summed E-state index contributed by atoms with van der Waals surface area (Å²) in [5, 5.41) is 9.73. The molecule has 2 aliphatic rings. The minimum Gasteiger partial charge on any atom is -0.387 e. The Labute approximate surface area is 150 Å². The number of aliphatic hydroxyl groups excluding tert-OH is 1. The Kier molecular flexibility index (Phi) is 5.13. The minimum atomic E-state index is -0.549. The summed E-state index contributed by atoms with van der Waals surface area (Å²) in [5.41, 5.74) is 2.10. The van der Waals surface area contributed by atoms with E-state index in [2.05, 4.69) is 29.8 Å². The number of pyridine rings is 1. The Hall–Kier alpha value is -1.88. The van der Waals surface area contributed by atoms with E-state index in [9.17, 15) is 9.90 Å². The van der Waals surface area contributed by atoms with Crippen molar-refractivity contribution in [1.29, 1.82) is 0 Å². The van der Waals surface area contributed by atoms with Crippen molar-refractivity contribution in [1.82, 2.24) is 9.88 Å². The van der Waals surface area contributed by atoms with Gasteiger partial charge < -0.3 is 14.9 Å². The van der Waals surface area contributed by atoms with Gasteiger partial charge in [-0.3, -0.25) is 4.79 Å². The van der Waals surface area contributed by atoms with E-state index in [0.717, 1.165) is 44.8 Å². The van der Waals surface area contributed by atoms with E-state index in [1.165, 1.54) is 5.57 Å². The first-order valence-electron chi connectivity index (χ1n) is 9.20. The van der Waals surface area contributed by atoms with Crippen LogP contribution < -0.4 is 4.90 Å². The zero-order valence-electron chi connectivity index (χ0n) is 15.5. The van der Waals surface area contributed by atoms with Crippen LogP contribution in [0.4, 0.5) is 5.82 Å². The maximum atomic E-state index is 12.4. The van der Waals surface area contributed by atoms with Crippen LogP contribution in [0.5, 0.6) is 0 Å². The zero-order valence-corrected chi connectivity index (χ0v) is 15.5. The minimum absolute atomic E-state index is 0.130. The number of rotatable bonds is 4. The summed E-state index contributed by atoms with van der Waals surface area (Å²) in [6.07, 6.45) is 4.30. The summed E-state index contributed by atoms with van der Waals surface area (Å²) in [5.74, 6) is 1.22. The number of aromatic nitrogens is 1. The molecule has 136 valence electrons. The average molecular weight is 343 g/mol. The molecule has 3 heterocycles. The van der Waals surface area contributed by atoms with E-state index in [4.69, 9.17) is 0 Å². The number of hydrogen-bond donors (Lipinski definition) is 1. The third-order valence-electron chi connectivity index (χ3n) is 5.46. The third-order valence-corrected chi connectivity index (χ3v) is 5.46. The number of hydrogen-bond acceptors (Lipinski definition) is 4. The summed E-state index contributed by atoms with van der Waals surface area (Å²) in [6.45, 7) is 9.34. The van der Waals surface area contributed by atoms with Gasteiger partial charge in [0.15, 0.2) is 0 Å². The first kappa shape index (κ1) is 17.9. The van der Waals surface area contributed by atoms with Crippen molar-refractivity contribution in [3.05, 3.63) is 35.5 Å². The van der Waals surface area contributed by atoms with Crippen molar-refractivity contribution in [2.45, 2.75) is 46.1 Å². The Balaban J connectivity index is 1.63. The molecule has 2 fully saturated rings. The molecule has 0 saturated carbocycles. The first-order valence-corrected chi connectivity index (χ1v) is 9.20. The van der Waals surface area contributed by atoms with Crippen LogP contribution in [0.15, 0.2) is 29.8 Å². The molecular formula is C20H29N3O2. The van der Waals surface area contributed by atoms with Crippen LogP contribution in [-0.4, -0.2) is 47.1 Å². The van der Waals surface area contributed by atoms with Gasteiger partial charge in [0.05, 0.1) is 11.8 Å². The number of amides is 1. The van der Waals surface area contributed by atoms with Gasteiger partial charge in [-0.15, -0.1) is 0 Å². The lowest BCUT2D eigenvalue weighted by atomic mass is 9.77. The highest BCUT2D eigenvalue weighted by atomic mass is 16.3. The van der Waals surface area contributed by atoms with Gasteiger partial charge in [0, 0.05) is 38.0 Å². The van der Waals surface area contributed by atoms with Crippen LogP contribution in [0, 0.1) is 5.41 Å². The molecule has 1 aromatic rings. The van der Waals surface area contributed by atoms with Crippen LogP contribution in [0.1, 0.15) is 51.8 Å². The monoisotopic (exact) mass is 343 g/mol. The lowest BCUT2D eigenvalue weighted by Crippen LogP contribution is -2.42. The molecule has 0 aliphatic carbocycles. The molecule has 0 unspecified atom stereocenters. The average Bonchev–Trinajstić information content (AvgIpc) is 2.89. The molecule has 5 heteroatoms. The Morgan fingerprint density at radius 1 is 1.36 bits per heavy atom. The molecule has 1 aromatic heterocycles. The van der Waals surface area contributed by atoms with Gasteiger partial charge in [-0.1, -0.05) is 17.7 Å². The SMILES string of the molecule is CC(C)=CCN1CC2(CCN(c3cccc([C@@H](C)O)n3)CC2)CC1=O. The molecule has 0 aromatic carbocycles. The van der Waals surface area contributed by atoms with Gasteiger partial charge in [-0.25, -0.2) is 4.98 Å². The highest BCUT2D eigenvalue weighted by molar-refractivity contribution is 5.79. The molecule has 1 N–H and O–H groups in total. The van der Waals surface area contributed by atoms with Gasteiger partial charge in [-0.2, -0.15) is 0 Å². The number of anilines is 1. The highest BCUT2D eigenvalue weighted by Crippen LogP contribution is 2.41. The van der Waals surface area contributed by atoms with E-state index < -0.39 is 6.10 Å². The number of allylic oxidation sites excluding steroid dienone is 1. The summed E-state index contributed by atoms with van der Waals surface area (Å²) in [6, 6.07) is 5.82. The van der Waals surface area contributed by atoms with E-state index in [0.29, 0.717) is 18.0 Å². The second kappa shape index (κ2) is 7.16. The summed E-state index contributed by atoms with van der Waals surface area (Å²) in [7, 11) is 0. The van der Waals surface area contributed by atoms with Gasteiger partial charge in [0.2, 0.25) is 5.91 Å². The zero-order chi connectivity index (χ0) is 18.0. The molecule has 2 aliphatic heterocycles. The first-order chi connectivity index (χ1) is 11.9. The second-order valence-corrected chi connectivity index (χ2v) is 7.82. The van der Waals surface area contributed by atoms with Crippen molar-refractivity contribution in [2.75, 3.05) is 31.1 Å². The molecule has 25 heavy (non-hydrogen) atoms. The maximum absolute atomic E-state index is 12.4. The maximum Gasteiger partial charge on any atom is 0.223 e. The molecule has 2 saturated heterocycles. The fourth-order valence-corrected chi connectivity index (χ4v) is 3.83. The number of carbonyl (C=O) groups excluding carboxylic acids is 1. The number of piperidine rings is 1. The van der Waals surface area contributed by atoms with Gasteiger partial charge >= 0.3 is 0 Å². The highest BCUT2D eigenvalue weighted by Gasteiger charge is 2.44. The quantitative estimate of drug-likeness (QED) is 0.854. The van der Waals surface area contributed by atoms with E-state index >= 15 is 0 Å². The third kappa shape index (κ3) is 4.03. The molecule has 1 spiro atoms. The lowest BCUT2D eigenvalue weighted by molar-refractivity contribution is -0.127. The molecule has 3 rings (SSSR count). The molecular weight excluding hydrogens is 314 g/mol. The second-order valence-electron chi connectivity index (χ2n) is 7.82. The van der Waals surface area contributed by atoms with Gasteiger partial charge in [-0.05, 0) is 45.7 Å². The van der Waals surface area contributed by atoms with Crippen molar-refractivity contribution in [2.24, 2.45) is 5.41 Å². The van der Waals surface area contributed by atoms with Crippen molar-refractivity contribution in [3.8, 4) is 0 Å². The standard InChI is InChI=1S/C20H29N3O2/c1-15(2)7-10-23-14-20(13-19(23)25)8-11-22(12-9-20)18-6-4-5-17(21-18)16(3)24/h4-7,16,24H,8-14H2,1-3H3/t16-/m1/s1. The lowest BCUT2D eigenvalue weighted by Gasteiger charge is -2.39. The van der Waals surface area contributed by atoms with E-state index in [-0.39, 0.29) is 5.41 Å². The smallest absolute Gasteiger partial charge is 0.223 e. The number of carbonyl (C=O) groups is 1. The van der Waals surface area contributed by atoms with Crippen LogP contribution >= 0.6 is 0 Å². The van der Waals surface area contributed by atoms with Crippen molar-refractivity contribution in [3.63, 3.8) is 0 Å². The largest absolute Gasteiger partial charge is 0.387 e. The fraction of sp³-hybridized carbons (Fsp3) is 0.600. The van der Waals surface area contributed by atoms with E-state index in [1.54, 1.807) is 6.92 Å². The number of nitrogens with zero attached hydrogens (tertiary/aromatic N) is 3. The van der Waals surface area contributed by atoms with Crippen molar-refractivity contribution >= 4 is 11.7 Å². The van der Waals surface area contributed by atoms with Crippen molar-refractivity contribution < 1.29 is 9.90 Å². The molecule has 0 bridgehead atoms. The van der Waals surface area contributed by atoms with E-state index in [1.807, 2.05) is 23.1 Å². The molecule has 0 radical (unpaired) electrons. The van der Waals surface area contributed by atoms with Gasteiger partial charge in [0.25, 0.3) is 0 Å². The van der Waals surface area contributed by atoms with Crippen LogP contribution in [-0.2, 0) is 4.79 Å². The normalized spacial score (nSPS) is 20.9. The predicted octanol–water partition coefficient (Wildman–Crippen LogP) is 2.92. The fourth-order valence-electron chi connectivity index (χ4n) is 3.83. The summed E-state index contributed by atoms with van der Waals surface area (Å²) < 4.78 is 0. The summed E-state index contributed by atoms with van der Waals surface area (Å²) >= 11 is 0. The molecule has 1 amide bonds. The molecule has 5 nitrogen and oxygen atoms in total. The van der Waals surface area contributed by atoms with Crippen LogP contribution in [0.2, 0.25) is 0 Å². The van der Waals surface area contributed by atoms with Crippen LogP contribution in [0.3, 0.4) is 0 Å². The van der Waals surface area contributed by atoms with Gasteiger partial charge in [0.1, 0.15) is 5.82 Å². The van der Waals surface area contributed by atoms with Crippen LogP contribution in [0.25, 0.3) is 0 Å².